The predicted octanol–water partition coefficient (Wildman–Crippen LogP) is 3.69. The van der Waals surface area contributed by atoms with Gasteiger partial charge in [0.25, 0.3) is 0 Å². The molecule has 0 aromatic heterocycles. The molecule has 0 saturated carbocycles. The second-order valence-corrected chi connectivity index (χ2v) is 5.22. The van der Waals surface area contributed by atoms with Crippen LogP contribution in [0.2, 0.25) is 0 Å². The molecule has 2 nitrogen and oxygen atoms in total. The maximum absolute atomic E-state index is 12.1. The molecule has 0 N–H and O–H groups in total. The van der Waals surface area contributed by atoms with Gasteiger partial charge in [0, 0.05) is 16.5 Å². The minimum atomic E-state index is -0.479. The summed E-state index contributed by atoms with van der Waals surface area (Å²) in [6.07, 6.45) is -0.0460. The lowest BCUT2D eigenvalue weighted by Gasteiger charge is -2.25. The summed E-state index contributed by atoms with van der Waals surface area (Å²) < 4.78 is 6.79. The summed E-state index contributed by atoms with van der Waals surface area (Å²) >= 11 is 3.42. The molecular formula is C15H11BrO2. The van der Waals surface area contributed by atoms with Crippen molar-refractivity contribution in [3.05, 3.63) is 64.1 Å². The molecule has 18 heavy (non-hydrogen) atoms. The third kappa shape index (κ3) is 2.06. The molecule has 0 aliphatic carbocycles. The van der Waals surface area contributed by atoms with Crippen LogP contribution in [-0.4, -0.2) is 5.78 Å². The molecule has 1 aliphatic rings. The Balaban J connectivity index is 1.99. The van der Waals surface area contributed by atoms with Crippen molar-refractivity contribution in [1.29, 1.82) is 0 Å². The number of halogens is 1. The zero-order valence-electron chi connectivity index (χ0n) is 9.60. The van der Waals surface area contributed by atoms with E-state index in [2.05, 4.69) is 15.9 Å². The fourth-order valence-electron chi connectivity index (χ4n) is 2.14. The van der Waals surface area contributed by atoms with Gasteiger partial charge in [-0.3, -0.25) is 4.79 Å². The molecule has 1 aliphatic heterocycles. The largest absolute Gasteiger partial charge is 0.478 e. The summed E-state index contributed by atoms with van der Waals surface area (Å²) in [4.78, 5) is 12.1. The van der Waals surface area contributed by atoms with E-state index in [4.69, 9.17) is 4.74 Å². The third-order valence-corrected chi connectivity index (χ3v) is 3.53. The Labute approximate surface area is 114 Å². The Hall–Kier alpha value is -1.61. The highest BCUT2D eigenvalue weighted by Gasteiger charge is 2.28. The molecule has 0 amide bonds. The van der Waals surface area contributed by atoms with Crippen LogP contribution < -0.4 is 4.74 Å². The van der Waals surface area contributed by atoms with Crippen LogP contribution in [0.1, 0.15) is 17.2 Å². The number of ether oxygens (including phenoxy) is 1. The van der Waals surface area contributed by atoms with Gasteiger partial charge in [0.15, 0.2) is 11.9 Å². The van der Waals surface area contributed by atoms with Gasteiger partial charge in [-0.05, 0) is 17.7 Å². The van der Waals surface area contributed by atoms with Crippen molar-refractivity contribution in [3.63, 3.8) is 0 Å². The number of ketones is 1. The van der Waals surface area contributed by atoms with Crippen molar-refractivity contribution in [1.82, 2.24) is 0 Å². The van der Waals surface area contributed by atoms with Gasteiger partial charge < -0.3 is 4.74 Å². The first kappa shape index (κ1) is 11.5. The summed E-state index contributed by atoms with van der Waals surface area (Å²) in [6.45, 7) is 0. The molecule has 2 aromatic carbocycles. The SMILES string of the molecule is O=C1Cc2ccc(Br)cc2OC1c1ccccc1. The number of Topliss-reactive ketones (excluding diaryl/α,β-unsaturated/α-hetero) is 1. The van der Waals surface area contributed by atoms with Crippen molar-refractivity contribution in [2.75, 3.05) is 0 Å². The van der Waals surface area contributed by atoms with E-state index in [0.717, 1.165) is 21.3 Å². The lowest BCUT2D eigenvalue weighted by molar-refractivity contribution is -0.126. The lowest BCUT2D eigenvalue weighted by Crippen LogP contribution is -2.25. The van der Waals surface area contributed by atoms with Crippen LogP contribution in [0, 0.1) is 0 Å². The van der Waals surface area contributed by atoms with Gasteiger partial charge in [-0.15, -0.1) is 0 Å². The molecule has 1 unspecified atom stereocenters. The minimum Gasteiger partial charge on any atom is -0.478 e. The van der Waals surface area contributed by atoms with Gasteiger partial charge in [0.1, 0.15) is 5.75 Å². The molecule has 1 atom stereocenters. The standard InChI is InChI=1S/C15H11BrO2/c16-12-7-6-11-8-13(17)15(18-14(11)9-12)10-4-2-1-3-5-10/h1-7,9,15H,8H2. The van der Waals surface area contributed by atoms with Crippen LogP contribution in [0.4, 0.5) is 0 Å². The summed E-state index contributed by atoms with van der Waals surface area (Å²) in [6, 6.07) is 15.4. The zero-order chi connectivity index (χ0) is 12.5. The molecule has 1 heterocycles. The monoisotopic (exact) mass is 302 g/mol. The van der Waals surface area contributed by atoms with E-state index in [1.165, 1.54) is 0 Å². The van der Waals surface area contributed by atoms with E-state index in [-0.39, 0.29) is 5.78 Å². The first-order chi connectivity index (χ1) is 8.74. The smallest absolute Gasteiger partial charge is 0.182 e. The van der Waals surface area contributed by atoms with Crippen molar-refractivity contribution in [3.8, 4) is 5.75 Å². The predicted molar refractivity (Wildman–Crippen MR) is 72.7 cm³/mol. The van der Waals surface area contributed by atoms with Gasteiger partial charge in [0.2, 0.25) is 0 Å². The number of carbonyl (C=O) groups excluding carboxylic acids is 1. The summed E-state index contributed by atoms with van der Waals surface area (Å²) in [5, 5.41) is 0. The Morgan fingerprint density at radius 3 is 2.67 bits per heavy atom. The molecule has 2 aromatic rings. The number of hydrogen-bond donors (Lipinski definition) is 0. The summed E-state index contributed by atoms with van der Waals surface area (Å²) in [5.41, 5.74) is 1.86. The summed E-state index contributed by atoms with van der Waals surface area (Å²) in [5.74, 6) is 0.897. The first-order valence-electron chi connectivity index (χ1n) is 5.77. The van der Waals surface area contributed by atoms with E-state index >= 15 is 0 Å². The third-order valence-electron chi connectivity index (χ3n) is 3.03. The van der Waals surface area contributed by atoms with Gasteiger partial charge in [-0.2, -0.15) is 0 Å². The molecule has 90 valence electrons. The first-order valence-corrected chi connectivity index (χ1v) is 6.56. The van der Waals surface area contributed by atoms with Gasteiger partial charge in [0.05, 0.1) is 0 Å². The average Bonchev–Trinajstić information content (AvgIpc) is 2.39. The van der Waals surface area contributed by atoms with Crippen LogP contribution in [0.5, 0.6) is 5.75 Å². The number of benzene rings is 2. The van der Waals surface area contributed by atoms with Crippen LogP contribution in [0.3, 0.4) is 0 Å². The molecule has 0 spiro atoms. The van der Waals surface area contributed by atoms with Crippen molar-refractivity contribution >= 4 is 21.7 Å². The van der Waals surface area contributed by atoms with Crippen molar-refractivity contribution < 1.29 is 9.53 Å². The fourth-order valence-corrected chi connectivity index (χ4v) is 2.48. The highest BCUT2D eigenvalue weighted by Crippen LogP contribution is 2.34. The molecule has 0 bridgehead atoms. The van der Waals surface area contributed by atoms with Gasteiger partial charge >= 0.3 is 0 Å². The molecule has 0 saturated heterocycles. The van der Waals surface area contributed by atoms with E-state index in [9.17, 15) is 4.79 Å². The Morgan fingerprint density at radius 1 is 1.11 bits per heavy atom. The molecular weight excluding hydrogens is 292 g/mol. The number of rotatable bonds is 1. The van der Waals surface area contributed by atoms with Crippen LogP contribution in [0.25, 0.3) is 0 Å². The molecule has 0 radical (unpaired) electrons. The highest BCUT2D eigenvalue weighted by molar-refractivity contribution is 9.10. The van der Waals surface area contributed by atoms with Crippen molar-refractivity contribution in [2.24, 2.45) is 0 Å². The van der Waals surface area contributed by atoms with Crippen molar-refractivity contribution in [2.45, 2.75) is 12.5 Å². The lowest BCUT2D eigenvalue weighted by atomic mass is 9.96. The maximum atomic E-state index is 12.1. The minimum absolute atomic E-state index is 0.107. The van der Waals surface area contributed by atoms with Gasteiger partial charge in [-0.25, -0.2) is 0 Å². The average molecular weight is 303 g/mol. The van der Waals surface area contributed by atoms with E-state index in [0.29, 0.717) is 6.42 Å². The van der Waals surface area contributed by atoms with Crippen LogP contribution in [0.15, 0.2) is 53.0 Å². The number of fused-ring (bicyclic) bond motifs is 1. The Morgan fingerprint density at radius 2 is 1.89 bits per heavy atom. The Kier molecular flexibility index (Phi) is 2.92. The van der Waals surface area contributed by atoms with E-state index in [1.54, 1.807) is 0 Å². The Bertz CT molecular complexity index is 593. The van der Waals surface area contributed by atoms with E-state index in [1.807, 2.05) is 48.5 Å². The molecule has 0 fully saturated rings. The number of hydrogen-bond acceptors (Lipinski definition) is 2. The van der Waals surface area contributed by atoms with Crippen LogP contribution >= 0.6 is 15.9 Å². The normalized spacial score (nSPS) is 18.1. The zero-order valence-corrected chi connectivity index (χ0v) is 11.2. The summed E-state index contributed by atoms with van der Waals surface area (Å²) in [7, 11) is 0. The highest BCUT2D eigenvalue weighted by atomic mass is 79.9. The quantitative estimate of drug-likeness (QED) is 0.803. The number of carbonyl (C=O) groups is 1. The second kappa shape index (κ2) is 4.58. The molecule has 3 heteroatoms. The topological polar surface area (TPSA) is 26.3 Å². The van der Waals surface area contributed by atoms with Crippen LogP contribution in [-0.2, 0) is 11.2 Å². The molecule has 3 rings (SSSR count). The maximum Gasteiger partial charge on any atom is 0.182 e. The van der Waals surface area contributed by atoms with E-state index < -0.39 is 6.10 Å². The second-order valence-electron chi connectivity index (χ2n) is 4.30. The fraction of sp³-hybridized carbons (Fsp3) is 0.133. The van der Waals surface area contributed by atoms with Gasteiger partial charge in [-0.1, -0.05) is 52.3 Å².